The van der Waals surface area contributed by atoms with Gasteiger partial charge in [-0.3, -0.25) is 14.8 Å². The Kier molecular flexibility index (Phi) is 3.50. The summed E-state index contributed by atoms with van der Waals surface area (Å²) < 4.78 is 1.90. The molecule has 2 unspecified atom stereocenters. The molecule has 1 aromatic heterocycles. The molecule has 1 saturated heterocycles. The first-order chi connectivity index (χ1) is 7.72. The molecule has 0 amide bonds. The van der Waals surface area contributed by atoms with Crippen molar-refractivity contribution in [3.05, 3.63) is 18.0 Å². The Balaban J connectivity index is 2.12. The summed E-state index contributed by atoms with van der Waals surface area (Å²) in [5.74, 6) is 0.0941. The number of aromatic nitrogens is 2. The Hall–Kier alpha value is -1.01. The molecule has 0 saturated carbocycles. The molecule has 2 N–H and O–H groups in total. The van der Waals surface area contributed by atoms with E-state index in [0.717, 1.165) is 18.0 Å². The highest BCUT2D eigenvalue weighted by atomic mass is 32.2. The van der Waals surface area contributed by atoms with E-state index in [1.807, 2.05) is 17.7 Å². The molecule has 6 heteroatoms. The van der Waals surface area contributed by atoms with Crippen LogP contribution in [0.1, 0.15) is 24.4 Å². The van der Waals surface area contributed by atoms with E-state index in [1.165, 1.54) is 0 Å². The maximum absolute atomic E-state index is 10.9. The van der Waals surface area contributed by atoms with E-state index in [4.69, 9.17) is 5.11 Å². The zero-order chi connectivity index (χ0) is 11.5. The van der Waals surface area contributed by atoms with Crippen LogP contribution in [0.15, 0.2) is 12.3 Å². The first kappa shape index (κ1) is 11.5. The van der Waals surface area contributed by atoms with Crippen molar-refractivity contribution >= 4 is 17.7 Å². The minimum atomic E-state index is -0.770. The molecule has 5 nitrogen and oxygen atoms in total. The fourth-order valence-electron chi connectivity index (χ4n) is 1.81. The number of hydrogen-bond donors (Lipinski definition) is 2. The third-order valence-electron chi connectivity index (χ3n) is 2.66. The molecule has 2 heterocycles. The van der Waals surface area contributed by atoms with Gasteiger partial charge in [-0.2, -0.15) is 5.10 Å². The van der Waals surface area contributed by atoms with Crippen LogP contribution >= 0.6 is 11.8 Å². The highest BCUT2D eigenvalue weighted by Crippen LogP contribution is 2.31. The van der Waals surface area contributed by atoms with E-state index in [2.05, 4.69) is 10.4 Å². The smallest absolute Gasteiger partial charge is 0.320 e. The summed E-state index contributed by atoms with van der Waals surface area (Å²) >= 11 is 1.74. The van der Waals surface area contributed by atoms with Gasteiger partial charge in [0.2, 0.25) is 0 Å². The largest absolute Gasteiger partial charge is 0.480 e. The van der Waals surface area contributed by atoms with Gasteiger partial charge >= 0.3 is 5.97 Å². The third kappa shape index (κ3) is 2.22. The lowest BCUT2D eigenvalue weighted by atomic mass is 10.2. The number of carboxylic acid groups (broad SMARTS) is 1. The zero-order valence-electron chi connectivity index (χ0n) is 9.09. The summed E-state index contributed by atoms with van der Waals surface area (Å²) in [5, 5.41) is 16.4. The van der Waals surface area contributed by atoms with E-state index in [9.17, 15) is 4.79 Å². The maximum atomic E-state index is 10.9. The topological polar surface area (TPSA) is 67.2 Å². The standard InChI is InChI=1S/C10H15N3O2S/c1-2-13-8(3-5-11-13)9-12-7(10(14)15)4-6-16-9/h3,5,7,9,12H,2,4,6H2,1H3,(H,14,15). The average molecular weight is 241 g/mol. The van der Waals surface area contributed by atoms with Crippen molar-refractivity contribution in [1.29, 1.82) is 0 Å². The van der Waals surface area contributed by atoms with Gasteiger partial charge in [0.25, 0.3) is 0 Å². The van der Waals surface area contributed by atoms with Crippen LogP contribution in [0.5, 0.6) is 0 Å². The molecule has 0 bridgehead atoms. The highest BCUT2D eigenvalue weighted by molar-refractivity contribution is 7.99. The lowest BCUT2D eigenvalue weighted by Crippen LogP contribution is -2.42. The van der Waals surface area contributed by atoms with Gasteiger partial charge in [-0.15, -0.1) is 11.8 Å². The third-order valence-corrected chi connectivity index (χ3v) is 3.84. The minimum absolute atomic E-state index is 0.0392. The van der Waals surface area contributed by atoms with Crippen molar-refractivity contribution in [2.75, 3.05) is 5.75 Å². The Morgan fingerprint density at radius 2 is 2.62 bits per heavy atom. The Labute approximate surface area is 98.2 Å². The van der Waals surface area contributed by atoms with Crippen molar-refractivity contribution in [2.45, 2.75) is 31.3 Å². The summed E-state index contributed by atoms with van der Waals surface area (Å²) in [5.41, 5.74) is 1.05. The number of rotatable bonds is 3. The number of aryl methyl sites for hydroxylation is 1. The van der Waals surface area contributed by atoms with Gasteiger partial charge in [0, 0.05) is 12.7 Å². The lowest BCUT2D eigenvalue weighted by molar-refractivity contribution is -0.139. The van der Waals surface area contributed by atoms with Gasteiger partial charge in [-0.1, -0.05) is 0 Å². The maximum Gasteiger partial charge on any atom is 0.320 e. The number of hydrogen-bond acceptors (Lipinski definition) is 4. The van der Waals surface area contributed by atoms with Crippen LogP contribution in [0.25, 0.3) is 0 Å². The van der Waals surface area contributed by atoms with Crippen LogP contribution in [0.2, 0.25) is 0 Å². The Bertz CT molecular complexity index is 380. The zero-order valence-corrected chi connectivity index (χ0v) is 9.91. The van der Waals surface area contributed by atoms with Crippen molar-refractivity contribution in [3.63, 3.8) is 0 Å². The monoisotopic (exact) mass is 241 g/mol. The number of carbonyl (C=O) groups is 1. The van der Waals surface area contributed by atoms with Crippen LogP contribution in [-0.4, -0.2) is 32.7 Å². The SMILES string of the molecule is CCn1nccc1C1NC(C(=O)O)CCS1. The van der Waals surface area contributed by atoms with Gasteiger partial charge in [-0.05, 0) is 25.2 Å². The second kappa shape index (κ2) is 4.88. The van der Waals surface area contributed by atoms with Crippen molar-refractivity contribution in [1.82, 2.24) is 15.1 Å². The van der Waals surface area contributed by atoms with Crippen molar-refractivity contribution in [3.8, 4) is 0 Å². The number of thioether (sulfide) groups is 1. The average Bonchev–Trinajstić information content (AvgIpc) is 2.77. The molecule has 0 radical (unpaired) electrons. The van der Waals surface area contributed by atoms with Gasteiger partial charge in [0.05, 0.1) is 11.1 Å². The van der Waals surface area contributed by atoms with Crippen LogP contribution in [0.4, 0.5) is 0 Å². The second-order valence-electron chi connectivity index (χ2n) is 3.67. The normalized spacial score (nSPS) is 25.6. The molecule has 16 heavy (non-hydrogen) atoms. The van der Waals surface area contributed by atoms with E-state index in [1.54, 1.807) is 18.0 Å². The number of nitrogens with zero attached hydrogens (tertiary/aromatic N) is 2. The number of nitrogens with one attached hydrogen (secondary N) is 1. The summed E-state index contributed by atoms with van der Waals surface area (Å²) in [6.45, 7) is 2.83. The molecular weight excluding hydrogens is 226 g/mol. The number of carboxylic acids is 1. The van der Waals surface area contributed by atoms with E-state index in [-0.39, 0.29) is 5.37 Å². The van der Waals surface area contributed by atoms with Crippen LogP contribution in [0.3, 0.4) is 0 Å². The fourth-order valence-corrected chi connectivity index (χ4v) is 3.05. The quantitative estimate of drug-likeness (QED) is 0.829. The molecule has 1 aliphatic heterocycles. The molecule has 0 spiro atoms. The Morgan fingerprint density at radius 1 is 1.81 bits per heavy atom. The molecule has 88 valence electrons. The van der Waals surface area contributed by atoms with Crippen molar-refractivity contribution < 1.29 is 9.90 Å². The molecule has 1 aromatic rings. The van der Waals surface area contributed by atoms with E-state index in [0.29, 0.717) is 6.42 Å². The summed E-state index contributed by atoms with van der Waals surface area (Å²) in [7, 11) is 0. The van der Waals surface area contributed by atoms with E-state index >= 15 is 0 Å². The molecule has 2 rings (SSSR count). The van der Waals surface area contributed by atoms with E-state index < -0.39 is 12.0 Å². The molecule has 1 aliphatic rings. The predicted molar refractivity (Wildman–Crippen MR) is 62.3 cm³/mol. The predicted octanol–water partition coefficient (Wildman–Crippen LogP) is 1.08. The summed E-state index contributed by atoms with van der Waals surface area (Å²) in [6, 6.07) is 1.50. The molecule has 1 fully saturated rings. The van der Waals surface area contributed by atoms with Gasteiger partial charge in [0.1, 0.15) is 6.04 Å². The summed E-state index contributed by atoms with van der Waals surface area (Å²) in [4.78, 5) is 10.9. The first-order valence-electron chi connectivity index (χ1n) is 5.34. The van der Waals surface area contributed by atoms with Crippen LogP contribution in [-0.2, 0) is 11.3 Å². The van der Waals surface area contributed by atoms with Gasteiger partial charge in [-0.25, -0.2) is 0 Å². The molecule has 0 aliphatic carbocycles. The van der Waals surface area contributed by atoms with Crippen LogP contribution < -0.4 is 5.32 Å². The van der Waals surface area contributed by atoms with Crippen LogP contribution in [0, 0.1) is 0 Å². The lowest BCUT2D eigenvalue weighted by Gasteiger charge is -2.28. The summed E-state index contributed by atoms with van der Waals surface area (Å²) in [6.07, 6.45) is 2.43. The van der Waals surface area contributed by atoms with Gasteiger partial charge in [0.15, 0.2) is 0 Å². The van der Waals surface area contributed by atoms with Crippen molar-refractivity contribution in [2.24, 2.45) is 0 Å². The second-order valence-corrected chi connectivity index (χ2v) is 4.88. The fraction of sp³-hybridized carbons (Fsp3) is 0.600. The minimum Gasteiger partial charge on any atom is -0.480 e. The molecular formula is C10H15N3O2S. The first-order valence-corrected chi connectivity index (χ1v) is 6.39. The van der Waals surface area contributed by atoms with Gasteiger partial charge < -0.3 is 5.11 Å². The Morgan fingerprint density at radius 3 is 3.31 bits per heavy atom. The molecule has 2 atom stereocenters. The molecule has 0 aromatic carbocycles. The highest BCUT2D eigenvalue weighted by Gasteiger charge is 2.28. The number of aliphatic carboxylic acids is 1.